The predicted octanol–water partition coefficient (Wildman–Crippen LogP) is 3.00. The first-order chi connectivity index (χ1) is 8.88. The molecule has 1 heterocycles. The van der Waals surface area contributed by atoms with Gasteiger partial charge >= 0.3 is 6.18 Å². The Morgan fingerprint density at radius 2 is 1.95 bits per heavy atom. The van der Waals surface area contributed by atoms with E-state index >= 15 is 0 Å². The van der Waals surface area contributed by atoms with Gasteiger partial charge < -0.3 is 10.5 Å². The second kappa shape index (κ2) is 5.51. The lowest BCUT2D eigenvalue weighted by atomic mass is 9.93. The highest BCUT2D eigenvalue weighted by Gasteiger charge is 2.31. The van der Waals surface area contributed by atoms with Gasteiger partial charge in [0.05, 0.1) is 11.7 Å². The first kappa shape index (κ1) is 14.3. The number of halogens is 3. The Bertz CT molecular complexity index is 416. The normalized spacial score (nSPS) is 25.5. The van der Waals surface area contributed by atoms with Crippen molar-refractivity contribution < 1.29 is 17.9 Å². The smallest absolute Gasteiger partial charge is 0.376 e. The van der Waals surface area contributed by atoms with Gasteiger partial charge in [-0.05, 0) is 36.5 Å². The van der Waals surface area contributed by atoms with Gasteiger partial charge in [-0.1, -0.05) is 19.1 Å². The molecule has 5 heteroatoms. The molecule has 0 amide bonds. The highest BCUT2D eigenvalue weighted by molar-refractivity contribution is 5.25. The Hall–Kier alpha value is -1.07. The van der Waals surface area contributed by atoms with Crippen molar-refractivity contribution in [1.29, 1.82) is 0 Å². The Kier molecular flexibility index (Phi) is 4.16. The molecule has 0 bridgehead atoms. The Labute approximate surface area is 110 Å². The van der Waals surface area contributed by atoms with Crippen LogP contribution in [0.3, 0.4) is 0 Å². The standard InChI is InChI=1S/C14H18F3NO/c1-9-6-7-19-13(9)12(18)8-10-2-4-11(5-3-10)14(15,16)17/h2-5,9,12-13H,6-8,18H2,1H3. The van der Waals surface area contributed by atoms with Crippen molar-refractivity contribution >= 4 is 0 Å². The zero-order valence-electron chi connectivity index (χ0n) is 10.8. The first-order valence-corrected chi connectivity index (χ1v) is 6.41. The molecule has 2 N–H and O–H groups in total. The van der Waals surface area contributed by atoms with Crippen molar-refractivity contribution in [3.63, 3.8) is 0 Å². The first-order valence-electron chi connectivity index (χ1n) is 6.41. The summed E-state index contributed by atoms with van der Waals surface area (Å²) >= 11 is 0. The Morgan fingerprint density at radius 3 is 2.42 bits per heavy atom. The van der Waals surface area contributed by atoms with Crippen molar-refractivity contribution in [2.24, 2.45) is 11.7 Å². The predicted molar refractivity (Wildman–Crippen MR) is 66.6 cm³/mol. The minimum Gasteiger partial charge on any atom is -0.376 e. The van der Waals surface area contributed by atoms with E-state index in [1.807, 2.05) is 0 Å². The quantitative estimate of drug-likeness (QED) is 0.918. The average Bonchev–Trinajstić information content (AvgIpc) is 2.75. The lowest BCUT2D eigenvalue weighted by Gasteiger charge is -2.22. The molecule has 1 aliphatic heterocycles. The molecular formula is C14H18F3NO. The van der Waals surface area contributed by atoms with E-state index in [1.165, 1.54) is 12.1 Å². The van der Waals surface area contributed by atoms with Crippen LogP contribution in [0.1, 0.15) is 24.5 Å². The molecule has 19 heavy (non-hydrogen) atoms. The molecule has 2 rings (SSSR count). The zero-order chi connectivity index (χ0) is 14.0. The molecule has 3 atom stereocenters. The van der Waals surface area contributed by atoms with Crippen molar-refractivity contribution in [2.75, 3.05) is 6.61 Å². The number of hydrogen-bond acceptors (Lipinski definition) is 2. The molecule has 1 fully saturated rings. The second-order valence-electron chi connectivity index (χ2n) is 5.16. The molecule has 0 aliphatic carbocycles. The topological polar surface area (TPSA) is 35.2 Å². The molecule has 3 unspecified atom stereocenters. The minimum atomic E-state index is -4.29. The third-order valence-electron chi connectivity index (χ3n) is 3.62. The van der Waals surface area contributed by atoms with Crippen LogP contribution in [0.5, 0.6) is 0 Å². The summed E-state index contributed by atoms with van der Waals surface area (Å²) in [6.07, 6.45) is -2.76. The van der Waals surface area contributed by atoms with Crippen LogP contribution in [-0.2, 0) is 17.3 Å². The number of nitrogens with two attached hydrogens (primary N) is 1. The molecule has 0 radical (unpaired) electrons. The largest absolute Gasteiger partial charge is 0.416 e. The zero-order valence-corrected chi connectivity index (χ0v) is 10.8. The van der Waals surface area contributed by atoms with Crippen molar-refractivity contribution in [3.05, 3.63) is 35.4 Å². The maximum Gasteiger partial charge on any atom is 0.416 e. The van der Waals surface area contributed by atoms with Gasteiger partial charge in [0.15, 0.2) is 0 Å². The lowest BCUT2D eigenvalue weighted by Crippen LogP contribution is -2.39. The second-order valence-corrected chi connectivity index (χ2v) is 5.16. The third-order valence-corrected chi connectivity index (χ3v) is 3.62. The number of hydrogen-bond donors (Lipinski definition) is 1. The Balaban J connectivity index is 1.99. The monoisotopic (exact) mass is 273 g/mol. The van der Waals surface area contributed by atoms with Crippen molar-refractivity contribution in [2.45, 2.75) is 38.1 Å². The molecule has 2 nitrogen and oxygen atoms in total. The minimum absolute atomic E-state index is 0.00212. The van der Waals surface area contributed by atoms with Gasteiger partial charge in [0.1, 0.15) is 0 Å². The van der Waals surface area contributed by atoms with Gasteiger partial charge in [-0.3, -0.25) is 0 Å². The Morgan fingerprint density at radius 1 is 1.32 bits per heavy atom. The summed E-state index contributed by atoms with van der Waals surface area (Å²) < 4.78 is 42.9. The van der Waals surface area contributed by atoms with Gasteiger partial charge in [0, 0.05) is 12.6 Å². The molecule has 1 saturated heterocycles. The van der Waals surface area contributed by atoms with Crippen LogP contribution >= 0.6 is 0 Å². The summed E-state index contributed by atoms with van der Waals surface area (Å²) in [5.41, 5.74) is 6.26. The van der Waals surface area contributed by atoms with Crippen LogP contribution in [0, 0.1) is 5.92 Å². The van der Waals surface area contributed by atoms with E-state index in [1.54, 1.807) is 0 Å². The molecule has 1 aromatic carbocycles. The fourth-order valence-electron chi connectivity index (χ4n) is 2.48. The van der Waals surface area contributed by atoms with Crippen LogP contribution in [0.25, 0.3) is 0 Å². The maximum atomic E-state index is 12.4. The van der Waals surface area contributed by atoms with Crippen molar-refractivity contribution in [3.8, 4) is 0 Å². The maximum absolute atomic E-state index is 12.4. The third kappa shape index (κ3) is 3.48. The molecule has 0 aromatic heterocycles. The molecule has 1 aromatic rings. The molecule has 106 valence electrons. The highest BCUT2D eigenvalue weighted by atomic mass is 19.4. The van der Waals surface area contributed by atoms with Gasteiger partial charge in [0.25, 0.3) is 0 Å². The van der Waals surface area contributed by atoms with Crippen LogP contribution in [0.15, 0.2) is 24.3 Å². The number of alkyl halides is 3. The lowest BCUT2D eigenvalue weighted by molar-refractivity contribution is -0.137. The fourth-order valence-corrected chi connectivity index (χ4v) is 2.48. The summed E-state index contributed by atoms with van der Waals surface area (Å²) in [4.78, 5) is 0. The molecule has 0 saturated carbocycles. The average molecular weight is 273 g/mol. The summed E-state index contributed by atoms with van der Waals surface area (Å²) in [5.74, 6) is 0.407. The van der Waals surface area contributed by atoms with Gasteiger partial charge in [-0.15, -0.1) is 0 Å². The van der Waals surface area contributed by atoms with Crippen LogP contribution in [0.4, 0.5) is 13.2 Å². The van der Waals surface area contributed by atoms with E-state index in [-0.39, 0.29) is 12.1 Å². The van der Waals surface area contributed by atoms with E-state index in [0.29, 0.717) is 18.9 Å². The van der Waals surface area contributed by atoms with Crippen LogP contribution in [0.2, 0.25) is 0 Å². The summed E-state index contributed by atoms with van der Waals surface area (Å²) in [5, 5.41) is 0. The number of benzene rings is 1. The van der Waals surface area contributed by atoms with Crippen LogP contribution < -0.4 is 5.73 Å². The summed E-state index contributed by atoms with van der Waals surface area (Å²) in [6, 6.07) is 5.00. The molecule has 1 aliphatic rings. The van der Waals surface area contributed by atoms with Crippen molar-refractivity contribution in [1.82, 2.24) is 0 Å². The van der Waals surface area contributed by atoms with E-state index < -0.39 is 11.7 Å². The van der Waals surface area contributed by atoms with Crippen LogP contribution in [-0.4, -0.2) is 18.8 Å². The number of ether oxygens (including phenoxy) is 1. The SMILES string of the molecule is CC1CCOC1C(N)Cc1ccc(C(F)(F)F)cc1. The van der Waals surface area contributed by atoms with E-state index in [0.717, 1.165) is 24.1 Å². The summed E-state index contributed by atoms with van der Waals surface area (Å²) in [6.45, 7) is 2.80. The highest BCUT2D eigenvalue weighted by Crippen LogP contribution is 2.29. The van der Waals surface area contributed by atoms with Gasteiger partial charge in [0.2, 0.25) is 0 Å². The molecule has 0 spiro atoms. The van der Waals surface area contributed by atoms with E-state index in [9.17, 15) is 13.2 Å². The summed E-state index contributed by atoms with van der Waals surface area (Å²) in [7, 11) is 0. The fraction of sp³-hybridized carbons (Fsp3) is 0.571. The number of rotatable bonds is 3. The van der Waals surface area contributed by atoms with E-state index in [2.05, 4.69) is 6.92 Å². The molecular weight excluding hydrogens is 255 g/mol. The van der Waals surface area contributed by atoms with E-state index in [4.69, 9.17) is 10.5 Å². The van der Waals surface area contributed by atoms with Gasteiger partial charge in [-0.2, -0.15) is 13.2 Å². The van der Waals surface area contributed by atoms with Gasteiger partial charge in [-0.25, -0.2) is 0 Å².